The van der Waals surface area contributed by atoms with Crippen molar-refractivity contribution < 1.29 is 9.90 Å². The molecule has 1 saturated carbocycles. The van der Waals surface area contributed by atoms with Crippen LogP contribution >= 0.6 is 27.3 Å². The van der Waals surface area contributed by atoms with Gasteiger partial charge in [0.25, 0.3) is 0 Å². The van der Waals surface area contributed by atoms with Crippen LogP contribution in [0.1, 0.15) is 30.5 Å². The smallest absolute Gasteiger partial charge is 0.321 e. The molecule has 0 aliphatic heterocycles. The van der Waals surface area contributed by atoms with E-state index < -0.39 is 0 Å². The molecule has 3 N–H and O–H groups in total. The van der Waals surface area contributed by atoms with Gasteiger partial charge in [0.15, 0.2) is 5.13 Å². The van der Waals surface area contributed by atoms with E-state index in [1.54, 1.807) is 0 Å². The van der Waals surface area contributed by atoms with Crippen LogP contribution < -0.4 is 10.6 Å². The molecule has 0 radical (unpaired) electrons. The van der Waals surface area contributed by atoms with Crippen LogP contribution in [0, 0.1) is 0 Å². The fourth-order valence-corrected chi connectivity index (χ4v) is 3.92. The third-order valence-electron chi connectivity index (χ3n) is 4.22. The Kier molecular flexibility index (Phi) is 4.99. The largest absolute Gasteiger partial charge is 0.395 e. The first-order valence-corrected chi connectivity index (χ1v) is 9.19. The zero-order chi connectivity index (χ0) is 16.3. The average molecular weight is 396 g/mol. The molecule has 0 unspecified atom stereocenters. The van der Waals surface area contributed by atoms with E-state index >= 15 is 0 Å². The molecule has 1 heterocycles. The van der Waals surface area contributed by atoms with Gasteiger partial charge in [-0.3, -0.25) is 5.32 Å². The van der Waals surface area contributed by atoms with Gasteiger partial charge < -0.3 is 10.4 Å². The van der Waals surface area contributed by atoms with Crippen molar-refractivity contribution in [2.24, 2.45) is 0 Å². The number of nitrogens with one attached hydrogen (secondary N) is 2. The van der Waals surface area contributed by atoms with Crippen LogP contribution in [0.15, 0.2) is 34.1 Å². The Morgan fingerprint density at radius 2 is 2.09 bits per heavy atom. The lowest BCUT2D eigenvalue weighted by Crippen LogP contribution is -2.36. The predicted molar refractivity (Wildman–Crippen MR) is 95.0 cm³/mol. The van der Waals surface area contributed by atoms with E-state index in [-0.39, 0.29) is 24.6 Å². The van der Waals surface area contributed by atoms with Gasteiger partial charge in [0.1, 0.15) is 0 Å². The molecular formula is C16H18BrN3O2S. The first kappa shape index (κ1) is 16.4. The summed E-state index contributed by atoms with van der Waals surface area (Å²) in [4.78, 5) is 16.3. The van der Waals surface area contributed by atoms with Crippen molar-refractivity contribution in [3.63, 3.8) is 0 Å². The van der Waals surface area contributed by atoms with Crippen LogP contribution in [-0.2, 0) is 5.41 Å². The summed E-state index contributed by atoms with van der Waals surface area (Å²) < 4.78 is 1.07. The second-order valence-corrected chi connectivity index (χ2v) is 7.36. The van der Waals surface area contributed by atoms with Crippen LogP contribution in [0.5, 0.6) is 0 Å². The van der Waals surface area contributed by atoms with Gasteiger partial charge in [0, 0.05) is 21.8 Å². The lowest BCUT2D eigenvalue weighted by molar-refractivity contribution is 0.244. The summed E-state index contributed by atoms with van der Waals surface area (Å²) in [6, 6.07) is 8.06. The Labute approximate surface area is 147 Å². The molecule has 1 aromatic heterocycles. The number of hydrogen-bond acceptors (Lipinski definition) is 4. The number of amides is 2. The Bertz CT molecular complexity index is 683. The molecule has 1 aromatic carbocycles. The second-order valence-electron chi connectivity index (χ2n) is 5.58. The highest BCUT2D eigenvalue weighted by atomic mass is 79.9. The van der Waals surface area contributed by atoms with E-state index in [0.29, 0.717) is 5.13 Å². The molecule has 1 aliphatic carbocycles. The van der Waals surface area contributed by atoms with Crippen LogP contribution in [0.25, 0.3) is 0 Å². The minimum atomic E-state index is -0.341. The van der Waals surface area contributed by atoms with Crippen LogP contribution in [0.3, 0.4) is 0 Å². The highest BCUT2D eigenvalue weighted by Crippen LogP contribution is 2.49. The number of nitrogens with zero attached hydrogens (tertiary/aromatic N) is 1. The molecule has 23 heavy (non-hydrogen) atoms. The number of aliphatic hydroxyl groups excluding tert-OH is 1. The number of halogens is 1. The molecule has 1 aliphatic rings. The normalized spacial score (nSPS) is 15.7. The summed E-state index contributed by atoms with van der Waals surface area (Å²) in [5, 5.41) is 16.6. The molecule has 3 rings (SSSR count). The van der Waals surface area contributed by atoms with E-state index in [2.05, 4.69) is 55.8 Å². The molecule has 2 amide bonds. The zero-order valence-corrected chi connectivity index (χ0v) is 14.9. The summed E-state index contributed by atoms with van der Waals surface area (Å²) in [6.45, 7) is 0.149. The number of urea groups is 1. The summed E-state index contributed by atoms with van der Waals surface area (Å²) in [7, 11) is 0. The zero-order valence-electron chi connectivity index (χ0n) is 12.5. The highest BCUT2D eigenvalue weighted by Gasteiger charge is 2.42. The average Bonchev–Trinajstić information content (AvgIpc) is 2.94. The maximum Gasteiger partial charge on any atom is 0.321 e. The molecule has 1 fully saturated rings. The van der Waals surface area contributed by atoms with Crippen molar-refractivity contribution in [2.75, 3.05) is 18.5 Å². The van der Waals surface area contributed by atoms with E-state index in [1.165, 1.54) is 23.3 Å². The van der Waals surface area contributed by atoms with Gasteiger partial charge in [0.05, 0.1) is 12.3 Å². The standard InChI is InChI=1S/C16H18BrN3O2S/c17-12-4-2-11(3-5-12)16(6-1-7-16)13-10-23-15(19-13)20-14(22)18-8-9-21/h2-5,10,21H,1,6-9H2,(H2,18,19,20,22). The van der Waals surface area contributed by atoms with Crippen LogP contribution in [0.4, 0.5) is 9.93 Å². The van der Waals surface area contributed by atoms with E-state index in [0.717, 1.165) is 23.0 Å². The Hall–Kier alpha value is -1.44. The lowest BCUT2D eigenvalue weighted by atomic mass is 9.63. The van der Waals surface area contributed by atoms with Gasteiger partial charge in [-0.1, -0.05) is 34.5 Å². The number of hydrogen-bond donors (Lipinski definition) is 3. The minimum absolute atomic E-state index is 0.0291. The lowest BCUT2D eigenvalue weighted by Gasteiger charge is -2.41. The molecule has 122 valence electrons. The third-order valence-corrected chi connectivity index (χ3v) is 5.50. The molecule has 0 atom stereocenters. The SMILES string of the molecule is O=C(NCCO)Nc1nc(C2(c3ccc(Br)cc3)CCC2)cs1. The number of carbonyl (C=O) groups excluding carboxylic acids is 1. The summed E-state index contributed by atoms with van der Waals surface area (Å²) in [6.07, 6.45) is 3.34. The van der Waals surface area contributed by atoms with Crippen molar-refractivity contribution in [3.8, 4) is 0 Å². The predicted octanol–water partition coefficient (Wildman–Crippen LogP) is 3.49. The molecular weight excluding hydrogens is 378 g/mol. The third kappa shape index (κ3) is 3.41. The number of rotatable bonds is 5. The van der Waals surface area contributed by atoms with E-state index in [4.69, 9.17) is 5.11 Å². The number of aliphatic hydroxyl groups is 1. The second kappa shape index (κ2) is 6.98. The first-order valence-electron chi connectivity index (χ1n) is 7.52. The summed E-state index contributed by atoms with van der Waals surface area (Å²) in [5.74, 6) is 0. The summed E-state index contributed by atoms with van der Waals surface area (Å²) >= 11 is 4.90. The first-order chi connectivity index (χ1) is 11.1. The number of thiazole rings is 1. The molecule has 7 heteroatoms. The Morgan fingerprint density at radius 1 is 1.35 bits per heavy atom. The van der Waals surface area contributed by atoms with Gasteiger partial charge in [-0.15, -0.1) is 11.3 Å². The summed E-state index contributed by atoms with van der Waals surface area (Å²) in [5.41, 5.74) is 2.26. The number of carbonyl (C=O) groups is 1. The van der Waals surface area contributed by atoms with Gasteiger partial charge in [0.2, 0.25) is 0 Å². The van der Waals surface area contributed by atoms with Crippen molar-refractivity contribution in [1.82, 2.24) is 10.3 Å². The number of aromatic nitrogens is 1. The molecule has 0 saturated heterocycles. The van der Waals surface area contributed by atoms with Gasteiger partial charge >= 0.3 is 6.03 Å². The minimum Gasteiger partial charge on any atom is -0.395 e. The van der Waals surface area contributed by atoms with E-state index in [1.807, 2.05) is 5.38 Å². The highest BCUT2D eigenvalue weighted by molar-refractivity contribution is 9.10. The van der Waals surface area contributed by atoms with E-state index in [9.17, 15) is 4.79 Å². The molecule has 0 spiro atoms. The van der Waals surface area contributed by atoms with Crippen LogP contribution in [0.2, 0.25) is 0 Å². The maximum atomic E-state index is 11.6. The van der Waals surface area contributed by atoms with Crippen molar-refractivity contribution in [2.45, 2.75) is 24.7 Å². The van der Waals surface area contributed by atoms with Gasteiger partial charge in [-0.05, 0) is 30.5 Å². The van der Waals surface area contributed by atoms with Crippen molar-refractivity contribution in [3.05, 3.63) is 45.4 Å². The number of benzene rings is 1. The Balaban J connectivity index is 1.78. The quantitative estimate of drug-likeness (QED) is 0.725. The van der Waals surface area contributed by atoms with Crippen LogP contribution in [-0.4, -0.2) is 29.3 Å². The van der Waals surface area contributed by atoms with Crippen molar-refractivity contribution >= 4 is 38.4 Å². The number of anilines is 1. The molecule has 0 bridgehead atoms. The van der Waals surface area contributed by atoms with Gasteiger partial charge in [-0.25, -0.2) is 9.78 Å². The fraction of sp³-hybridized carbons (Fsp3) is 0.375. The maximum absolute atomic E-state index is 11.6. The monoisotopic (exact) mass is 395 g/mol. The van der Waals surface area contributed by atoms with Gasteiger partial charge in [-0.2, -0.15) is 0 Å². The Morgan fingerprint density at radius 3 is 2.70 bits per heavy atom. The fourth-order valence-electron chi connectivity index (χ4n) is 2.85. The molecule has 5 nitrogen and oxygen atoms in total. The topological polar surface area (TPSA) is 74.2 Å². The molecule has 2 aromatic rings. The van der Waals surface area contributed by atoms with Crippen molar-refractivity contribution in [1.29, 1.82) is 0 Å².